The number of amides is 1. The summed E-state index contributed by atoms with van der Waals surface area (Å²) in [5, 5.41) is 3.47. The first kappa shape index (κ1) is 12.6. The fourth-order valence-electron chi connectivity index (χ4n) is 1.35. The maximum atomic E-state index is 12.7. The number of aromatic nitrogens is 2. The van der Waals surface area contributed by atoms with Crippen LogP contribution in [-0.4, -0.2) is 21.2 Å². The third-order valence-electron chi connectivity index (χ3n) is 2.24. The molecule has 0 bridgehead atoms. The van der Waals surface area contributed by atoms with Crippen molar-refractivity contribution in [2.24, 2.45) is 7.05 Å². The Bertz CT molecular complexity index is 539. The summed E-state index contributed by atoms with van der Waals surface area (Å²) in [5.41, 5.74) is 0.585. The number of imidazole rings is 1. The van der Waals surface area contributed by atoms with Crippen molar-refractivity contribution in [3.05, 3.63) is 42.5 Å². The van der Waals surface area contributed by atoms with Crippen molar-refractivity contribution in [2.45, 2.75) is 5.16 Å². The number of carbonyl (C=O) groups is 1. The second-order valence-corrected chi connectivity index (χ2v) is 4.61. The molecule has 2 rings (SSSR count). The van der Waals surface area contributed by atoms with Crippen molar-refractivity contribution < 1.29 is 9.18 Å². The number of thioether (sulfide) groups is 1. The third-order valence-corrected chi connectivity index (χ3v) is 3.30. The molecule has 2 aromatic rings. The van der Waals surface area contributed by atoms with Gasteiger partial charge in [-0.15, -0.1) is 0 Å². The van der Waals surface area contributed by atoms with Crippen LogP contribution in [0.4, 0.5) is 10.1 Å². The average molecular weight is 265 g/mol. The van der Waals surface area contributed by atoms with Crippen LogP contribution in [0.1, 0.15) is 0 Å². The molecule has 0 unspecified atom stereocenters. The Kier molecular flexibility index (Phi) is 3.99. The summed E-state index contributed by atoms with van der Waals surface area (Å²) >= 11 is 1.35. The molecule has 18 heavy (non-hydrogen) atoms. The van der Waals surface area contributed by atoms with Crippen LogP contribution in [-0.2, 0) is 11.8 Å². The smallest absolute Gasteiger partial charge is 0.234 e. The highest BCUT2D eigenvalue weighted by Crippen LogP contribution is 2.15. The summed E-state index contributed by atoms with van der Waals surface area (Å²) in [5.74, 6) is -0.201. The molecule has 4 nitrogen and oxygen atoms in total. The fraction of sp³-hybridized carbons (Fsp3) is 0.167. The normalized spacial score (nSPS) is 10.3. The van der Waals surface area contributed by atoms with Crippen LogP contribution in [0.3, 0.4) is 0 Å². The Morgan fingerprint density at radius 3 is 2.78 bits per heavy atom. The fourth-order valence-corrected chi connectivity index (χ4v) is 2.08. The molecular formula is C12H12FN3OS. The number of carbonyl (C=O) groups excluding carboxylic acids is 1. The lowest BCUT2D eigenvalue weighted by atomic mass is 10.3. The molecule has 1 aromatic heterocycles. The highest BCUT2D eigenvalue weighted by molar-refractivity contribution is 7.99. The quantitative estimate of drug-likeness (QED) is 0.863. The molecule has 1 heterocycles. The molecule has 0 saturated carbocycles. The van der Waals surface area contributed by atoms with E-state index in [9.17, 15) is 9.18 Å². The van der Waals surface area contributed by atoms with Gasteiger partial charge in [0.25, 0.3) is 0 Å². The number of anilines is 1. The average Bonchev–Trinajstić information content (AvgIpc) is 2.75. The minimum atomic E-state index is -0.324. The number of nitrogens with one attached hydrogen (secondary N) is 1. The topological polar surface area (TPSA) is 46.9 Å². The van der Waals surface area contributed by atoms with Gasteiger partial charge in [-0.1, -0.05) is 11.8 Å². The van der Waals surface area contributed by atoms with Gasteiger partial charge in [0.15, 0.2) is 5.16 Å². The first-order chi connectivity index (χ1) is 8.65. The Morgan fingerprint density at radius 1 is 1.44 bits per heavy atom. The molecule has 0 fully saturated rings. The number of benzene rings is 1. The van der Waals surface area contributed by atoms with Crippen LogP contribution in [0.25, 0.3) is 0 Å². The van der Waals surface area contributed by atoms with Gasteiger partial charge in [0.1, 0.15) is 5.82 Å². The van der Waals surface area contributed by atoms with E-state index >= 15 is 0 Å². The van der Waals surface area contributed by atoms with E-state index in [2.05, 4.69) is 10.3 Å². The van der Waals surface area contributed by atoms with E-state index in [1.807, 2.05) is 17.8 Å². The van der Waals surface area contributed by atoms with Gasteiger partial charge < -0.3 is 9.88 Å². The van der Waals surface area contributed by atoms with Crippen LogP contribution < -0.4 is 5.32 Å². The summed E-state index contributed by atoms with van der Waals surface area (Å²) in [6, 6.07) is 5.67. The Morgan fingerprint density at radius 2 is 2.17 bits per heavy atom. The van der Waals surface area contributed by atoms with Gasteiger partial charge in [0.05, 0.1) is 5.75 Å². The number of nitrogens with zero attached hydrogens (tertiary/aromatic N) is 2. The molecular weight excluding hydrogens is 253 g/mol. The van der Waals surface area contributed by atoms with Crippen LogP contribution in [0.15, 0.2) is 41.8 Å². The summed E-state index contributed by atoms with van der Waals surface area (Å²) in [6.45, 7) is 0. The van der Waals surface area contributed by atoms with E-state index in [4.69, 9.17) is 0 Å². The lowest BCUT2D eigenvalue weighted by Crippen LogP contribution is -2.14. The Balaban J connectivity index is 1.86. The Hall–Kier alpha value is -1.82. The van der Waals surface area contributed by atoms with E-state index < -0.39 is 0 Å². The molecule has 1 aromatic carbocycles. The predicted molar refractivity (Wildman–Crippen MR) is 69.0 cm³/mol. The van der Waals surface area contributed by atoms with Gasteiger partial charge in [0.2, 0.25) is 5.91 Å². The lowest BCUT2D eigenvalue weighted by molar-refractivity contribution is -0.113. The summed E-state index contributed by atoms with van der Waals surface area (Å²) in [6.07, 6.45) is 3.50. The minimum Gasteiger partial charge on any atom is -0.329 e. The van der Waals surface area contributed by atoms with Gasteiger partial charge in [-0.2, -0.15) is 0 Å². The van der Waals surface area contributed by atoms with Gasteiger partial charge in [0, 0.05) is 25.1 Å². The lowest BCUT2D eigenvalue weighted by Gasteiger charge is -2.04. The molecule has 0 atom stereocenters. The number of hydrogen-bond acceptors (Lipinski definition) is 3. The van der Waals surface area contributed by atoms with E-state index in [0.717, 1.165) is 5.16 Å². The zero-order valence-corrected chi connectivity index (χ0v) is 10.6. The molecule has 0 aliphatic heterocycles. The number of halogens is 1. The predicted octanol–water partition coefficient (Wildman–Crippen LogP) is 2.29. The first-order valence-electron chi connectivity index (χ1n) is 5.30. The zero-order chi connectivity index (χ0) is 13.0. The molecule has 6 heteroatoms. The number of rotatable bonds is 4. The molecule has 94 valence electrons. The molecule has 1 N–H and O–H groups in total. The monoisotopic (exact) mass is 265 g/mol. The SMILES string of the molecule is Cn1ccnc1SCC(=O)Nc1ccc(F)cc1. The van der Waals surface area contributed by atoms with Crippen LogP contribution in [0.5, 0.6) is 0 Å². The van der Waals surface area contributed by atoms with Gasteiger partial charge >= 0.3 is 0 Å². The minimum absolute atomic E-state index is 0.144. The van der Waals surface area contributed by atoms with Crippen molar-refractivity contribution in [3.8, 4) is 0 Å². The van der Waals surface area contributed by atoms with E-state index in [1.54, 1.807) is 6.20 Å². The van der Waals surface area contributed by atoms with Crippen molar-refractivity contribution >= 4 is 23.4 Å². The second kappa shape index (κ2) is 5.68. The number of hydrogen-bond donors (Lipinski definition) is 1. The van der Waals surface area contributed by atoms with Crippen LogP contribution in [0, 0.1) is 5.82 Å². The third kappa shape index (κ3) is 3.33. The second-order valence-electron chi connectivity index (χ2n) is 3.66. The highest BCUT2D eigenvalue weighted by atomic mass is 32.2. The van der Waals surface area contributed by atoms with Gasteiger partial charge in [-0.05, 0) is 24.3 Å². The maximum Gasteiger partial charge on any atom is 0.234 e. The molecule has 0 aliphatic carbocycles. The van der Waals surface area contributed by atoms with Gasteiger partial charge in [-0.3, -0.25) is 4.79 Å². The van der Waals surface area contributed by atoms with Crippen molar-refractivity contribution in [1.29, 1.82) is 0 Å². The summed E-state index contributed by atoms with van der Waals surface area (Å²) < 4.78 is 14.5. The molecule has 0 spiro atoms. The van der Waals surface area contributed by atoms with Crippen molar-refractivity contribution in [3.63, 3.8) is 0 Å². The highest BCUT2D eigenvalue weighted by Gasteiger charge is 2.06. The standard InChI is InChI=1S/C12H12FN3OS/c1-16-7-6-14-12(16)18-8-11(17)15-10-4-2-9(13)3-5-10/h2-7H,8H2,1H3,(H,15,17). The maximum absolute atomic E-state index is 12.7. The van der Waals surface area contributed by atoms with Crippen molar-refractivity contribution in [2.75, 3.05) is 11.1 Å². The van der Waals surface area contributed by atoms with E-state index in [-0.39, 0.29) is 17.5 Å². The molecule has 0 radical (unpaired) electrons. The van der Waals surface area contributed by atoms with Crippen LogP contribution in [0.2, 0.25) is 0 Å². The first-order valence-corrected chi connectivity index (χ1v) is 6.29. The largest absolute Gasteiger partial charge is 0.329 e. The summed E-state index contributed by atoms with van der Waals surface area (Å²) in [4.78, 5) is 15.7. The molecule has 0 saturated heterocycles. The van der Waals surface area contributed by atoms with E-state index in [1.165, 1.54) is 36.0 Å². The summed E-state index contributed by atoms with van der Waals surface area (Å²) in [7, 11) is 1.87. The molecule has 1 amide bonds. The van der Waals surface area contributed by atoms with E-state index in [0.29, 0.717) is 5.69 Å². The van der Waals surface area contributed by atoms with Crippen LogP contribution >= 0.6 is 11.8 Å². The van der Waals surface area contributed by atoms with Gasteiger partial charge in [-0.25, -0.2) is 9.37 Å². The molecule has 0 aliphatic rings. The number of aryl methyl sites for hydroxylation is 1. The Labute approximate surface area is 108 Å². The van der Waals surface area contributed by atoms with Crippen molar-refractivity contribution in [1.82, 2.24) is 9.55 Å². The zero-order valence-electron chi connectivity index (χ0n) is 9.76.